The number of carboxylic acid groups (broad SMARTS) is 1. The molecule has 4 N–H and O–H groups in total. The minimum Gasteiger partial charge on any atom is -0.483 e. The van der Waals surface area contributed by atoms with Crippen molar-refractivity contribution in [3.8, 4) is 0 Å². The van der Waals surface area contributed by atoms with Crippen molar-refractivity contribution in [2.75, 3.05) is 26.2 Å². The van der Waals surface area contributed by atoms with E-state index in [1.165, 1.54) is 89.9 Å². The monoisotopic (exact) mass is 416 g/mol. The molecule has 0 radical (unpaired) electrons. The number of hydrogen-bond acceptors (Lipinski definition) is 4. The Morgan fingerprint density at radius 2 is 1.14 bits per heavy atom. The van der Waals surface area contributed by atoms with Gasteiger partial charge in [-0.2, -0.15) is 0 Å². The number of rotatable bonds is 21. The zero-order valence-corrected chi connectivity index (χ0v) is 18.9. The number of carbonyl (C=O) groups excluding carboxylic acids is 1. The normalized spacial score (nSPS) is 10.3. The van der Waals surface area contributed by atoms with Crippen LogP contribution < -0.4 is 10.6 Å². The summed E-state index contributed by atoms with van der Waals surface area (Å²) in [5, 5.41) is 21.5. The first-order chi connectivity index (χ1) is 14.2. The molecule has 174 valence electrons. The van der Waals surface area contributed by atoms with Gasteiger partial charge >= 0.3 is 0 Å². The summed E-state index contributed by atoms with van der Waals surface area (Å²) in [6.45, 7) is 4.14. The number of unbranched alkanes of at least 4 members (excludes halogenated alkanes) is 14. The number of aliphatic hydroxyl groups excluding tert-OH is 1. The lowest BCUT2D eigenvalue weighted by molar-refractivity contribution is -0.123. The van der Waals surface area contributed by atoms with Crippen LogP contribution in [0.25, 0.3) is 0 Å². The second kappa shape index (κ2) is 29.1. The van der Waals surface area contributed by atoms with Crippen molar-refractivity contribution < 1.29 is 19.8 Å². The van der Waals surface area contributed by atoms with E-state index in [1.807, 2.05) is 0 Å². The molecule has 0 rings (SSSR count). The zero-order chi connectivity index (χ0) is 21.8. The van der Waals surface area contributed by atoms with Crippen molar-refractivity contribution in [3.63, 3.8) is 0 Å². The van der Waals surface area contributed by atoms with Crippen LogP contribution in [-0.4, -0.2) is 48.8 Å². The fourth-order valence-corrected chi connectivity index (χ4v) is 3.24. The Hall–Kier alpha value is -1.14. The third-order valence-electron chi connectivity index (χ3n) is 4.92. The highest BCUT2D eigenvalue weighted by molar-refractivity contribution is 5.75. The molecule has 0 aromatic rings. The van der Waals surface area contributed by atoms with Crippen molar-refractivity contribution in [1.29, 1.82) is 0 Å². The smallest absolute Gasteiger partial charge is 0.290 e. The number of hydrogen-bond donors (Lipinski definition) is 4. The largest absolute Gasteiger partial charge is 0.483 e. The van der Waals surface area contributed by atoms with Crippen LogP contribution in [0.4, 0.5) is 0 Å². The molecule has 0 saturated carbocycles. The summed E-state index contributed by atoms with van der Waals surface area (Å²) in [6, 6.07) is 0. The number of nitrogens with one attached hydrogen (secondary N) is 2. The molecule has 0 bridgehead atoms. The van der Waals surface area contributed by atoms with E-state index in [1.54, 1.807) is 0 Å². The first-order valence-corrected chi connectivity index (χ1v) is 11.9. The second-order valence-corrected chi connectivity index (χ2v) is 7.63. The van der Waals surface area contributed by atoms with Crippen molar-refractivity contribution in [3.05, 3.63) is 0 Å². The lowest BCUT2D eigenvalue weighted by Crippen LogP contribution is -2.32. The van der Waals surface area contributed by atoms with E-state index in [-0.39, 0.29) is 19.0 Å². The maximum Gasteiger partial charge on any atom is 0.290 e. The van der Waals surface area contributed by atoms with Gasteiger partial charge in [-0.3, -0.25) is 9.59 Å². The lowest BCUT2D eigenvalue weighted by Gasteiger charge is -2.06. The first kappa shape index (κ1) is 30.1. The average molecular weight is 417 g/mol. The zero-order valence-electron chi connectivity index (χ0n) is 18.9. The molecule has 29 heavy (non-hydrogen) atoms. The van der Waals surface area contributed by atoms with Crippen LogP contribution in [0, 0.1) is 0 Å². The molecule has 0 aliphatic heterocycles. The van der Waals surface area contributed by atoms with Gasteiger partial charge in [0.25, 0.3) is 6.47 Å². The topological polar surface area (TPSA) is 98.7 Å². The highest BCUT2D eigenvalue weighted by Gasteiger charge is 2.00. The van der Waals surface area contributed by atoms with Gasteiger partial charge in [0.05, 0.1) is 6.61 Å². The maximum absolute atomic E-state index is 11.6. The van der Waals surface area contributed by atoms with Crippen LogP contribution in [0.3, 0.4) is 0 Å². The Kier molecular flexibility index (Phi) is 30.1. The SMILES string of the molecule is CCCCCCCCCCCCCCCCCC(=O)NCCNCCO.O=CO. The van der Waals surface area contributed by atoms with Crippen LogP contribution in [0.5, 0.6) is 0 Å². The van der Waals surface area contributed by atoms with E-state index in [4.69, 9.17) is 15.0 Å². The Labute approximate surface area is 179 Å². The summed E-state index contributed by atoms with van der Waals surface area (Å²) >= 11 is 0. The first-order valence-electron chi connectivity index (χ1n) is 11.9. The Balaban J connectivity index is 0. The van der Waals surface area contributed by atoms with Gasteiger partial charge in [0, 0.05) is 26.1 Å². The molecule has 0 aliphatic carbocycles. The number of amides is 1. The van der Waals surface area contributed by atoms with Crippen LogP contribution in [0.1, 0.15) is 110 Å². The molecule has 0 aromatic carbocycles. The molecule has 0 heterocycles. The number of aliphatic hydroxyl groups is 1. The molecule has 0 aromatic heterocycles. The fourth-order valence-electron chi connectivity index (χ4n) is 3.24. The standard InChI is InChI=1S/C22H46N2O2.CH2O2/c1-2-3-4-5-6-7-8-9-10-11-12-13-14-15-16-17-22(26)24-19-18-23-20-21-25;2-1-3/h23,25H,2-21H2,1H3,(H,24,26);1H,(H,2,3). The summed E-state index contributed by atoms with van der Waals surface area (Å²) in [5.74, 6) is 0.158. The lowest BCUT2D eigenvalue weighted by atomic mass is 10.0. The molecule has 0 atom stereocenters. The third kappa shape index (κ3) is 31.8. The molecular weight excluding hydrogens is 368 g/mol. The van der Waals surface area contributed by atoms with E-state index in [0.717, 1.165) is 13.0 Å². The second-order valence-electron chi connectivity index (χ2n) is 7.63. The molecule has 0 saturated heterocycles. The summed E-state index contributed by atoms with van der Waals surface area (Å²) < 4.78 is 0. The van der Waals surface area contributed by atoms with Crippen LogP contribution in [-0.2, 0) is 9.59 Å². The van der Waals surface area contributed by atoms with Gasteiger partial charge in [-0.05, 0) is 6.42 Å². The fraction of sp³-hybridized carbons (Fsp3) is 0.913. The number of carbonyl (C=O) groups is 2. The highest BCUT2D eigenvalue weighted by Crippen LogP contribution is 2.13. The van der Waals surface area contributed by atoms with Crippen molar-refractivity contribution in [1.82, 2.24) is 10.6 Å². The van der Waals surface area contributed by atoms with Gasteiger partial charge in [-0.1, -0.05) is 96.8 Å². The quantitative estimate of drug-likeness (QED) is 0.161. The van der Waals surface area contributed by atoms with Gasteiger partial charge < -0.3 is 20.8 Å². The molecule has 6 nitrogen and oxygen atoms in total. The summed E-state index contributed by atoms with van der Waals surface area (Å²) in [5.41, 5.74) is 0. The van der Waals surface area contributed by atoms with Crippen molar-refractivity contribution >= 4 is 12.4 Å². The molecule has 6 heteroatoms. The van der Waals surface area contributed by atoms with Crippen LogP contribution in [0.2, 0.25) is 0 Å². The molecule has 1 amide bonds. The summed E-state index contributed by atoms with van der Waals surface area (Å²) in [7, 11) is 0. The highest BCUT2D eigenvalue weighted by atomic mass is 16.3. The predicted molar refractivity (Wildman–Crippen MR) is 121 cm³/mol. The summed E-state index contributed by atoms with van der Waals surface area (Å²) in [4.78, 5) is 20.0. The third-order valence-corrected chi connectivity index (χ3v) is 4.92. The molecule has 0 unspecified atom stereocenters. The molecule has 0 aliphatic rings. The Bertz CT molecular complexity index is 328. The van der Waals surface area contributed by atoms with Gasteiger partial charge in [-0.25, -0.2) is 0 Å². The van der Waals surface area contributed by atoms with E-state index in [9.17, 15) is 4.79 Å². The minimum atomic E-state index is -0.250. The van der Waals surface area contributed by atoms with Crippen molar-refractivity contribution in [2.24, 2.45) is 0 Å². The van der Waals surface area contributed by atoms with Crippen molar-refractivity contribution in [2.45, 2.75) is 110 Å². The van der Waals surface area contributed by atoms with E-state index in [0.29, 0.717) is 19.5 Å². The molecule has 0 fully saturated rings. The predicted octanol–water partition coefficient (Wildman–Crippen LogP) is 4.65. The minimum absolute atomic E-state index is 0.146. The molecule has 0 spiro atoms. The van der Waals surface area contributed by atoms with E-state index >= 15 is 0 Å². The summed E-state index contributed by atoms with van der Waals surface area (Å²) in [6.07, 6.45) is 20.9. The Morgan fingerprint density at radius 3 is 1.55 bits per heavy atom. The van der Waals surface area contributed by atoms with Gasteiger partial charge in [0.1, 0.15) is 0 Å². The maximum atomic E-state index is 11.6. The van der Waals surface area contributed by atoms with Gasteiger partial charge in [-0.15, -0.1) is 0 Å². The van der Waals surface area contributed by atoms with Crippen LogP contribution >= 0.6 is 0 Å². The average Bonchev–Trinajstić information content (AvgIpc) is 2.71. The van der Waals surface area contributed by atoms with E-state index < -0.39 is 0 Å². The molecular formula is C23H48N2O4. The van der Waals surface area contributed by atoms with Crippen LogP contribution in [0.15, 0.2) is 0 Å². The van der Waals surface area contributed by atoms with E-state index in [2.05, 4.69) is 17.6 Å². The van der Waals surface area contributed by atoms with Gasteiger partial charge in [0.15, 0.2) is 0 Å². The van der Waals surface area contributed by atoms with Gasteiger partial charge in [0.2, 0.25) is 5.91 Å². The Morgan fingerprint density at radius 1 is 0.724 bits per heavy atom.